The van der Waals surface area contributed by atoms with Gasteiger partial charge in [-0.3, -0.25) is 25.0 Å². The summed E-state index contributed by atoms with van der Waals surface area (Å²) in [6.45, 7) is -0.894. The molecule has 36 heavy (non-hydrogen) atoms. The molecule has 3 aromatic heterocycles. The van der Waals surface area contributed by atoms with Gasteiger partial charge in [-0.15, -0.1) is 0 Å². The molecule has 4 heterocycles. The second-order valence-electron chi connectivity index (χ2n) is 7.76. The number of alkyl halides is 2. The topological polar surface area (TPSA) is 145 Å². The van der Waals surface area contributed by atoms with Crippen molar-refractivity contribution in [3.63, 3.8) is 0 Å². The van der Waals surface area contributed by atoms with Gasteiger partial charge in [-0.2, -0.15) is 19.1 Å². The maximum Gasteiger partial charge on any atom is 0.308 e. The lowest BCUT2D eigenvalue weighted by atomic mass is 10.0. The predicted octanol–water partition coefficient (Wildman–Crippen LogP) is 2.52. The van der Waals surface area contributed by atoms with Gasteiger partial charge in [0.25, 0.3) is 0 Å². The third-order valence-electron chi connectivity index (χ3n) is 5.39. The lowest BCUT2D eigenvalue weighted by Gasteiger charge is -2.28. The Kier molecular flexibility index (Phi) is 7.36. The van der Waals surface area contributed by atoms with E-state index in [9.17, 15) is 24.0 Å². The van der Waals surface area contributed by atoms with Crippen LogP contribution < -0.4 is 5.32 Å². The monoisotopic (exact) mass is 493 g/mol. The molecule has 0 saturated heterocycles. The summed E-state index contributed by atoms with van der Waals surface area (Å²) in [5, 5.41) is 27.4. The van der Waals surface area contributed by atoms with Crippen LogP contribution in [0.25, 0.3) is 5.69 Å². The number of carbonyl (C=O) groups excluding carboxylic acids is 1. The summed E-state index contributed by atoms with van der Waals surface area (Å²) in [7, 11) is 0. The average molecular weight is 493 g/mol. The molecule has 11 nitrogen and oxygen atoms in total. The number of amides is 1. The maximum atomic E-state index is 14.5. The van der Waals surface area contributed by atoms with Crippen LogP contribution in [-0.2, 0) is 17.3 Å². The zero-order chi connectivity index (χ0) is 25.5. The maximum absolute atomic E-state index is 14.5. The summed E-state index contributed by atoms with van der Waals surface area (Å²) in [5.41, 5.74) is 0.858. The fraction of sp³-hybridized carbons (Fsp3) is 0.261. The van der Waals surface area contributed by atoms with Crippen LogP contribution in [-0.4, -0.2) is 53.3 Å². The largest absolute Gasteiger partial charge is 0.350 e. The van der Waals surface area contributed by atoms with Gasteiger partial charge in [0.05, 0.1) is 41.7 Å². The zero-order valence-corrected chi connectivity index (χ0v) is 18.9. The number of nitrogens with zero attached hydrogens (tertiary/aromatic N) is 8. The number of amidine groups is 1. The number of allylic oxidation sites excluding steroid dienone is 1. The summed E-state index contributed by atoms with van der Waals surface area (Å²) in [6.07, 6.45) is 5.55. The highest BCUT2D eigenvalue weighted by Crippen LogP contribution is 2.29. The van der Waals surface area contributed by atoms with E-state index in [2.05, 4.69) is 30.4 Å². The van der Waals surface area contributed by atoms with E-state index in [0.29, 0.717) is 16.4 Å². The number of rotatable bonds is 8. The number of nitrogens with one attached hydrogen (secondary N) is 1. The first-order valence-electron chi connectivity index (χ1n) is 10.9. The summed E-state index contributed by atoms with van der Waals surface area (Å²) in [5.74, 6) is -3.92. The van der Waals surface area contributed by atoms with Gasteiger partial charge in [-0.1, -0.05) is 6.07 Å². The normalized spacial score (nSPS) is 15.2. The molecule has 4 rings (SSSR count). The molecule has 13 heteroatoms. The molecule has 1 aliphatic heterocycles. The van der Waals surface area contributed by atoms with E-state index in [-0.39, 0.29) is 42.9 Å². The van der Waals surface area contributed by atoms with Gasteiger partial charge in [0.2, 0.25) is 5.91 Å². The predicted molar refractivity (Wildman–Crippen MR) is 122 cm³/mol. The number of hydroxylamine groups is 2. The Balaban J connectivity index is 1.44. The van der Waals surface area contributed by atoms with Crippen LogP contribution in [0.2, 0.25) is 0 Å². The standard InChI is InChI=1S/C23H21F2N9O2/c24-23(25,20-5-1-2-8-29-20)13-31-21-7-6-16(11-26)19(34(21)36)10-22(35)30-12-17-18(4-3-9-28-17)33-15-27-14-32-33/h1-5,8-9,14-15,36H,6-7,10,12-13H2,(H,30,35). The highest BCUT2D eigenvalue weighted by molar-refractivity contribution is 5.87. The molecule has 3 aromatic rings. The second kappa shape index (κ2) is 10.8. The Labute approximate surface area is 204 Å². The fourth-order valence-electron chi connectivity index (χ4n) is 3.57. The quantitative estimate of drug-likeness (QED) is 0.487. The second-order valence-corrected chi connectivity index (χ2v) is 7.76. The molecule has 0 saturated carbocycles. The van der Waals surface area contributed by atoms with Crippen molar-refractivity contribution in [2.24, 2.45) is 4.99 Å². The number of aliphatic imine (C=N–C) groups is 1. The van der Waals surface area contributed by atoms with Gasteiger partial charge in [-0.05, 0) is 30.7 Å². The van der Waals surface area contributed by atoms with E-state index in [1.54, 1.807) is 18.3 Å². The number of hydrogen-bond acceptors (Lipinski definition) is 8. The zero-order valence-electron chi connectivity index (χ0n) is 18.9. The van der Waals surface area contributed by atoms with Crippen LogP contribution in [0.1, 0.15) is 30.7 Å². The minimum Gasteiger partial charge on any atom is -0.350 e. The van der Waals surface area contributed by atoms with Crippen LogP contribution in [0.15, 0.2) is 71.6 Å². The fourth-order valence-corrected chi connectivity index (χ4v) is 3.57. The Morgan fingerprint density at radius 2 is 2.06 bits per heavy atom. The van der Waals surface area contributed by atoms with Crippen molar-refractivity contribution in [3.05, 3.63) is 78.0 Å². The van der Waals surface area contributed by atoms with E-state index in [4.69, 9.17) is 0 Å². The molecule has 0 radical (unpaired) electrons. The van der Waals surface area contributed by atoms with Gasteiger partial charge in [0.15, 0.2) is 0 Å². The van der Waals surface area contributed by atoms with Crippen molar-refractivity contribution < 1.29 is 18.8 Å². The van der Waals surface area contributed by atoms with E-state index >= 15 is 0 Å². The third kappa shape index (κ3) is 5.56. The first-order chi connectivity index (χ1) is 17.4. The molecule has 0 bridgehead atoms. The third-order valence-corrected chi connectivity index (χ3v) is 5.39. The summed E-state index contributed by atoms with van der Waals surface area (Å²) < 4.78 is 30.4. The highest BCUT2D eigenvalue weighted by Gasteiger charge is 2.34. The molecular weight excluding hydrogens is 472 g/mol. The smallest absolute Gasteiger partial charge is 0.308 e. The van der Waals surface area contributed by atoms with E-state index < -0.39 is 24.1 Å². The number of pyridine rings is 2. The van der Waals surface area contributed by atoms with E-state index in [1.165, 1.54) is 41.7 Å². The van der Waals surface area contributed by atoms with Gasteiger partial charge in [-0.25, -0.2) is 14.7 Å². The summed E-state index contributed by atoms with van der Waals surface area (Å²) >= 11 is 0. The van der Waals surface area contributed by atoms with Gasteiger partial charge in [0, 0.05) is 18.8 Å². The van der Waals surface area contributed by atoms with Crippen LogP contribution >= 0.6 is 0 Å². The molecule has 0 unspecified atom stereocenters. The SMILES string of the molecule is N#CC1=C(CC(=O)NCc2ncccc2-n2cncn2)N(O)C(=NCC(F)(F)c2ccccn2)CC1. The Bertz CT molecular complexity index is 1320. The molecule has 0 spiro atoms. The Hall–Kier alpha value is -4.57. The van der Waals surface area contributed by atoms with Crippen LogP contribution in [0.3, 0.4) is 0 Å². The minimum absolute atomic E-state index is 0.0151. The number of nitriles is 1. The molecule has 0 aromatic carbocycles. The lowest BCUT2D eigenvalue weighted by Crippen LogP contribution is -2.35. The first kappa shape index (κ1) is 24.6. The summed E-state index contributed by atoms with van der Waals surface area (Å²) in [4.78, 5) is 28.4. The number of carbonyl (C=O) groups is 1. The molecule has 0 fully saturated rings. The highest BCUT2D eigenvalue weighted by atomic mass is 19.3. The molecule has 1 amide bonds. The van der Waals surface area contributed by atoms with E-state index in [0.717, 1.165) is 0 Å². The van der Waals surface area contributed by atoms with Crippen molar-refractivity contribution in [2.45, 2.75) is 31.7 Å². The van der Waals surface area contributed by atoms with Gasteiger partial charge in [0.1, 0.15) is 30.7 Å². The van der Waals surface area contributed by atoms with Crippen LogP contribution in [0.5, 0.6) is 0 Å². The van der Waals surface area contributed by atoms with Crippen molar-refractivity contribution in [1.82, 2.24) is 35.1 Å². The molecule has 0 atom stereocenters. The number of halogens is 2. The summed E-state index contributed by atoms with van der Waals surface area (Å²) in [6, 6.07) is 9.61. The molecule has 1 aliphatic rings. The lowest BCUT2D eigenvalue weighted by molar-refractivity contribution is -0.121. The van der Waals surface area contributed by atoms with Crippen molar-refractivity contribution >= 4 is 11.7 Å². The van der Waals surface area contributed by atoms with Gasteiger partial charge < -0.3 is 5.32 Å². The number of aromatic nitrogens is 5. The molecule has 184 valence electrons. The average Bonchev–Trinajstić information content (AvgIpc) is 3.43. The van der Waals surface area contributed by atoms with Crippen molar-refractivity contribution in [2.75, 3.05) is 6.54 Å². The van der Waals surface area contributed by atoms with Crippen LogP contribution in [0, 0.1) is 11.3 Å². The first-order valence-corrected chi connectivity index (χ1v) is 10.9. The number of hydrogen-bond donors (Lipinski definition) is 2. The Morgan fingerprint density at radius 1 is 1.22 bits per heavy atom. The van der Waals surface area contributed by atoms with Gasteiger partial charge >= 0.3 is 5.92 Å². The van der Waals surface area contributed by atoms with E-state index in [1.807, 2.05) is 6.07 Å². The van der Waals surface area contributed by atoms with Crippen LogP contribution in [0.4, 0.5) is 8.78 Å². The molecule has 0 aliphatic carbocycles. The van der Waals surface area contributed by atoms with Crippen molar-refractivity contribution in [1.29, 1.82) is 5.26 Å². The Morgan fingerprint density at radius 3 is 2.78 bits per heavy atom. The van der Waals surface area contributed by atoms with Crippen molar-refractivity contribution in [3.8, 4) is 11.8 Å². The molecular formula is C23H21F2N9O2. The minimum atomic E-state index is -3.35. The molecule has 2 N–H and O–H groups in total.